The van der Waals surface area contributed by atoms with Crippen LogP contribution in [0, 0.1) is 32.5 Å². The summed E-state index contributed by atoms with van der Waals surface area (Å²) >= 11 is 0. The molecule has 0 aromatic heterocycles. The minimum atomic E-state index is -0.120. The predicted molar refractivity (Wildman–Crippen MR) is 144 cm³/mol. The molecule has 7 rings (SSSR count). The largest absolute Gasteiger partial charge is 0.380 e. The molecule has 7 aliphatic rings. The van der Waals surface area contributed by atoms with Crippen LogP contribution in [0.4, 0.5) is 0 Å². The van der Waals surface area contributed by atoms with Crippen molar-refractivity contribution in [3.8, 4) is 0 Å². The van der Waals surface area contributed by atoms with Gasteiger partial charge in [0.1, 0.15) is 0 Å². The molecular weight excluding hydrogens is 552 g/mol. The Morgan fingerprint density at radius 1 is 0.143 bits per heavy atom. The summed E-state index contributed by atoms with van der Waals surface area (Å²) in [6.45, 7) is 14.8. The third-order valence-corrected chi connectivity index (χ3v) is 9.80. The van der Waals surface area contributed by atoms with Crippen molar-refractivity contribution in [2.45, 2.75) is 0 Å². The van der Waals surface area contributed by atoms with E-state index in [1.807, 2.05) is 0 Å². The molecule has 0 aromatic carbocycles. The minimum Gasteiger partial charge on any atom is -0.380 e. The van der Waals surface area contributed by atoms with Gasteiger partial charge >= 0.3 is 0 Å². The molecule has 12 heteroatoms. The topological polar surface area (TPSA) is 111 Å². The Morgan fingerprint density at radius 3 is 0.286 bits per heavy atom. The molecule has 0 unspecified atom stereocenters. The quantitative estimate of drug-likeness (QED) is 0.379. The summed E-state index contributed by atoms with van der Waals surface area (Å²) in [5, 5.41) is 0. The lowest BCUT2D eigenvalue weighted by Gasteiger charge is -2.47. The fourth-order valence-electron chi connectivity index (χ4n) is 6.50. The molecule has 240 valence electrons. The second-order valence-corrected chi connectivity index (χ2v) is 14.9. The van der Waals surface area contributed by atoms with Crippen molar-refractivity contribution in [2.75, 3.05) is 159 Å². The zero-order valence-corrected chi connectivity index (χ0v) is 24.9. The summed E-state index contributed by atoms with van der Waals surface area (Å²) in [5.41, 5.74) is -0.719. The van der Waals surface area contributed by atoms with Gasteiger partial charge in [0.05, 0.1) is 191 Å². The van der Waals surface area contributed by atoms with E-state index in [1.165, 1.54) is 0 Å². The summed E-state index contributed by atoms with van der Waals surface area (Å²) < 4.78 is 71.4. The van der Waals surface area contributed by atoms with Gasteiger partial charge in [-0.1, -0.05) is 0 Å². The third-order valence-electron chi connectivity index (χ3n) is 9.80. The molecule has 7 fully saturated rings. The highest BCUT2D eigenvalue weighted by molar-refractivity contribution is 4.93. The second-order valence-electron chi connectivity index (χ2n) is 14.9. The van der Waals surface area contributed by atoms with Crippen molar-refractivity contribution in [1.82, 2.24) is 0 Å². The molecule has 7 heterocycles. The van der Waals surface area contributed by atoms with Crippen molar-refractivity contribution in [3.63, 3.8) is 0 Å². The highest BCUT2D eigenvalue weighted by Crippen LogP contribution is 2.37. The summed E-state index contributed by atoms with van der Waals surface area (Å²) in [6, 6.07) is 0. The van der Waals surface area contributed by atoms with Gasteiger partial charge in [-0.15, -0.1) is 0 Å². The lowest BCUT2D eigenvalue weighted by atomic mass is 9.85. The van der Waals surface area contributed by atoms with Crippen molar-refractivity contribution in [1.29, 1.82) is 0 Å². The number of ether oxygens (including phenoxy) is 12. The van der Waals surface area contributed by atoms with E-state index in [1.54, 1.807) is 0 Å². The van der Waals surface area contributed by atoms with Gasteiger partial charge in [0, 0.05) is 0 Å². The molecule has 0 amide bonds. The number of hydrogen-bond acceptors (Lipinski definition) is 12. The summed E-state index contributed by atoms with van der Waals surface area (Å²) in [4.78, 5) is 0. The first kappa shape index (κ1) is 30.2. The highest BCUT2D eigenvalue weighted by Gasteiger charge is 2.48. The molecule has 7 aliphatic heterocycles. The molecule has 0 N–H and O–H groups in total. The first-order valence-electron chi connectivity index (χ1n) is 15.4. The molecule has 0 bridgehead atoms. The maximum Gasteiger partial charge on any atom is 0.0637 e. The summed E-state index contributed by atoms with van der Waals surface area (Å²) in [5.74, 6) is 0. The zero-order chi connectivity index (χ0) is 28.5. The van der Waals surface area contributed by atoms with Gasteiger partial charge in [0.25, 0.3) is 0 Å². The standard InChI is InChI=1S/C30H48O12/c1-25(2-31-1)13-37-15-26(3-32-4-26)17-39-19-28(7-34-8-28)21-41-23-30(11-36-12-30)24-42-22-29(9-35-10-29)20-40-18-27(5-33-6-27)16-38-14-25/h1-24H2. The van der Waals surface area contributed by atoms with Crippen LogP contribution in [0.15, 0.2) is 0 Å². The molecule has 0 radical (unpaired) electrons. The lowest BCUT2D eigenvalue weighted by Crippen LogP contribution is -2.56. The van der Waals surface area contributed by atoms with E-state index < -0.39 is 0 Å². The zero-order valence-electron chi connectivity index (χ0n) is 24.9. The van der Waals surface area contributed by atoms with Crippen LogP contribution in [-0.2, 0) is 56.8 Å². The Balaban J connectivity index is 0.983. The van der Waals surface area contributed by atoms with Crippen LogP contribution in [0.5, 0.6) is 0 Å². The van der Waals surface area contributed by atoms with E-state index >= 15 is 0 Å². The van der Waals surface area contributed by atoms with Gasteiger partial charge in [0.2, 0.25) is 0 Å². The maximum atomic E-state index is 6.30. The van der Waals surface area contributed by atoms with E-state index in [-0.39, 0.29) is 32.5 Å². The van der Waals surface area contributed by atoms with Crippen LogP contribution in [0.1, 0.15) is 0 Å². The van der Waals surface area contributed by atoms with Gasteiger partial charge < -0.3 is 56.8 Å². The summed E-state index contributed by atoms with van der Waals surface area (Å²) in [6.07, 6.45) is 0. The third kappa shape index (κ3) is 6.43. The van der Waals surface area contributed by atoms with Crippen molar-refractivity contribution in [2.24, 2.45) is 32.5 Å². The Hall–Kier alpha value is -0.480. The Bertz CT molecular complexity index is 667. The van der Waals surface area contributed by atoms with E-state index in [9.17, 15) is 0 Å². The molecular formula is C30H48O12. The average molecular weight is 601 g/mol. The van der Waals surface area contributed by atoms with Crippen LogP contribution < -0.4 is 0 Å². The van der Waals surface area contributed by atoms with Gasteiger partial charge in [-0.25, -0.2) is 0 Å². The molecule has 42 heavy (non-hydrogen) atoms. The molecule has 12 nitrogen and oxygen atoms in total. The van der Waals surface area contributed by atoms with Crippen LogP contribution in [0.25, 0.3) is 0 Å². The highest BCUT2D eigenvalue weighted by atomic mass is 16.6. The van der Waals surface area contributed by atoms with E-state index in [0.29, 0.717) is 159 Å². The van der Waals surface area contributed by atoms with Crippen molar-refractivity contribution in [3.05, 3.63) is 0 Å². The smallest absolute Gasteiger partial charge is 0.0637 e. The minimum absolute atomic E-state index is 0.120. The lowest BCUT2D eigenvalue weighted by molar-refractivity contribution is -0.243. The van der Waals surface area contributed by atoms with E-state index in [2.05, 4.69) is 0 Å². The van der Waals surface area contributed by atoms with E-state index in [0.717, 1.165) is 0 Å². The average Bonchev–Trinajstić information content (AvgIpc) is 2.85. The Kier molecular flexibility index (Phi) is 8.89. The van der Waals surface area contributed by atoms with Crippen LogP contribution in [-0.4, -0.2) is 159 Å². The Morgan fingerprint density at radius 2 is 0.214 bits per heavy atom. The van der Waals surface area contributed by atoms with Gasteiger partial charge in [-0.2, -0.15) is 0 Å². The van der Waals surface area contributed by atoms with Crippen LogP contribution in [0.3, 0.4) is 0 Å². The first-order chi connectivity index (χ1) is 20.5. The van der Waals surface area contributed by atoms with Gasteiger partial charge in [-0.05, 0) is 0 Å². The van der Waals surface area contributed by atoms with E-state index in [4.69, 9.17) is 56.8 Å². The van der Waals surface area contributed by atoms with Gasteiger partial charge in [-0.3, -0.25) is 0 Å². The molecule has 0 aromatic rings. The van der Waals surface area contributed by atoms with Crippen molar-refractivity contribution >= 4 is 0 Å². The molecule has 7 saturated heterocycles. The van der Waals surface area contributed by atoms with Crippen molar-refractivity contribution < 1.29 is 56.8 Å². The summed E-state index contributed by atoms with van der Waals surface area (Å²) in [7, 11) is 0. The van der Waals surface area contributed by atoms with Crippen LogP contribution in [0.2, 0.25) is 0 Å². The maximum absolute atomic E-state index is 6.30. The SMILES string of the molecule is C1OCC12COCC1(COC1)COCC1(COC1)COCC1(COC1)COCC1(COC1)COCC1(COC1)COC2. The number of hydrogen-bond donors (Lipinski definition) is 0. The normalized spacial score (nSPS) is 34.3. The molecule has 0 atom stereocenters. The predicted octanol–water partition coefficient (Wildman–Crippen LogP) is 0.199. The monoisotopic (exact) mass is 600 g/mol. The molecule has 0 saturated carbocycles. The van der Waals surface area contributed by atoms with Gasteiger partial charge in [0.15, 0.2) is 0 Å². The fourth-order valence-corrected chi connectivity index (χ4v) is 6.50. The Labute approximate surface area is 248 Å². The molecule has 6 spiro atoms. The molecule has 0 aliphatic carbocycles. The number of rotatable bonds is 0. The van der Waals surface area contributed by atoms with Crippen LogP contribution >= 0.6 is 0 Å². The second kappa shape index (κ2) is 12.4. The fraction of sp³-hybridized carbons (Fsp3) is 1.00. The first-order valence-corrected chi connectivity index (χ1v) is 15.4.